The molecule has 11 aromatic rings. The number of fused-ring (bicyclic) bond motifs is 2. The van der Waals surface area contributed by atoms with Crippen LogP contribution in [0.15, 0.2) is 261 Å². The molecule has 0 saturated heterocycles. The van der Waals surface area contributed by atoms with Crippen molar-refractivity contribution in [1.82, 2.24) is 0 Å². The quantitative estimate of drug-likeness (QED) is 0.141. The second-order valence-corrected chi connectivity index (χ2v) is 16.2. The molecule has 0 bridgehead atoms. The molecule has 11 aromatic carbocycles. The molecule has 11 rings (SSSR count). The van der Waals surface area contributed by atoms with Gasteiger partial charge in [0.15, 0.2) is 0 Å². The Morgan fingerprint density at radius 1 is 0.190 bits per heavy atom. The van der Waals surface area contributed by atoms with Gasteiger partial charge in [-0.25, -0.2) is 0 Å². The van der Waals surface area contributed by atoms with Gasteiger partial charge in [0.2, 0.25) is 0 Å². The molecule has 0 aliphatic heterocycles. The van der Waals surface area contributed by atoms with Gasteiger partial charge in [-0.1, -0.05) is 206 Å². The van der Waals surface area contributed by atoms with E-state index in [-0.39, 0.29) is 0 Å². The van der Waals surface area contributed by atoms with Gasteiger partial charge in [-0.15, -0.1) is 0 Å². The van der Waals surface area contributed by atoms with Crippen LogP contribution in [0, 0.1) is 0 Å². The van der Waals surface area contributed by atoms with Crippen molar-refractivity contribution in [2.24, 2.45) is 0 Å². The van der Waals surface area contributed by atoms with Crippen LogP contribution in [0.3, 0.4) is 0 Å². The Balaban J connectivity index is 1.12. The Bertz CT molecular complexity index is 3310. The minimum Gasteiger partial charge on any atom is -0.309 e. The van der Waals surface area contributed by atoms with Crippen LogP contribution in [0.2, 0.25) is 0 Å². The van der Waals surface area contributed by atoms with Crippen molar-refractivity contribution in [3.63, 3.8) is 0 Å². The monoisotopic (exact) mass is 801 g/mol. The maximum atomic E-state index is 2.47. The van der Waals surface area contributed by atoms with Crippen molar-refractivity contribution >= 4 is 38.6 Å². The highest BCUT2D eigenvalue weighted by Crippen LogP contribution is 2.47. The van der Waals surface area contributed by atoms with E-state index in [9.17, 15) is 0 Å². The van der Waals surface area contributed by atoms with Gasteiger partial charge in [-0.2, -0.15) is 0 Å². The molecule has 1 heteroatoms. The lowest BCUT2D eigenvalue weighted by Gasteiger charge is -2.30. The fraction of sp³-hybridized carbons (Fsp3) is 0. The largest absolute Gasteiger partial charge is 0.309 e. The van der Waals surface area contributed by atoms with Crippen LogP contribution in [0.25, 0.3) is 88.3 Å². The molecule has 0 atom stereocenters. The summed E-state index contributed by atoms with van der Waals surface area (Å²) < 4.78 is 0. The highest BCUT2D eigenvalue weighted by molar-refractivity contribution is 5.98. The summed E-state index contributed by atoms with van der Waals surface area (Å²) in [5.74, 6) is 0. The Morgan fingerprint density at radius 2 is 0.587 bits per heavy atom. The molecule has 0 spiro atoms. The molecule has 0 N–H and O–H groups in total. The first-order valence-corrected chi connectivity index (χ1v) is 21.7. The second kappa shape index (κ2) is 16.7. The predicted octanol–water partition coefficient (Wildman–Crippen LogP) is 17.5. The highest BCUT2D eigenvalue weighted by atomic mass is 15.1. The smallest absolute Gasteiger partial charge is 0.0546 e. The van der Waals surface area contributed by atoms with E-state index in [0.29, 0.717) is 0 Å². The topological polar surface area (TPSA) is 3.24 Å². The molecule has 0 fully saturated rings. The third-order valence-corrected chi connectivity index (χ3v) is 12.2. The van der Waals surface area contributed by atoms with Gasteiger partial charge < -0.3 is 4.90 Å². The van der Waals surface area contributed by atoms with Crippen LogP contribution >= 0.6 is 0 Å². The number of hydrogen-bond donors (Lipinski definition) is 0. The Kier molecular flexibility index (Phi) is 9.97. The van der Waals surface area contributed by atoms with E-state index < -0.39 is 0 Å². The lowest BCUT2D eigenvalue weighted by atomic mass is 9.92. The lowest BCUT2D eigenvalue weighted by Crippen LogP contribution is -2.12. The molecule has 63 heavy (non-hydrogen) atoms. The summed E-state index contributed by atoms with van der Waals surface area (Å²) in [6.07, 6.45) is 0. The first kappa shape index (κ1) is 37.7. The maximum absolute atomic E-state index is 2.47. The SMILES string of the molecule is c1ccc(-c2cc(-c3ccccc3)cc(-c3ccc(N(c4ccccc4-c4ccccc4)c4cc(-c5ccc6ccccc6c5)ccc4-c4ccc5ccccc5c4)cc3)c2)cc1. The zero-order valence-corrected chi connectivity index (χ0v) is 34.8. The Labute approximate surface area is 369 Å². The molecule has 0 radical (unpaired) electrons. The molecular formula is C62H43N. The fourth-order valence-electron chi connectivity index (χ4n) is 9.00. The van der Waals surface area contributed by atoms with Crippen LogP contribution in [0.1, 0.15) is 0 Å². The van der Waals surface area contributed by atoms with Crippen LogP contribution in [0.4, 0.5) is 17.1 Å². The van der Waals surface area contributed by atoms with Gasteiger partial charge in [0.1, 0.15) is 0 Å². The van der Waals surface area contributed by atoms with Gasteiger partial charge >= 0.3 is 0 Å². The van der Waals surface area contributed by atoms with E-state index in [1.165, 1.54) is 66.1 Å². The first-order chi connectivity index (χ1) is 31.2. The molecule has 296 valence electrons. The zero-order valence-electron chi connectivity index (χ0n) is 34.8. The van der Waals surface area contributed by atoms with Crippen LogP contribution in [-0.4, -0.2) is 0 Å². The van der Waals surface area contributed by atoms with E-state index in [0.717, 1.165) is 39.3 Å². The molecule has 0 aromatic heterocycles. The molecule has 1 nitrogen and oxygen atoms in total. The summed E-state index contributed by atoms with van der Waals surface area (Å²) in [6.45, 7) is 0. The van der Waals surface area contributed by atoms with Gasteiger partial charge in [0, 0.05) is 16.8 Å². The third-order valence-electron chi connectivity index (χ3n) is 12.2. The molecule has 0 aliphatic carbocycles. The average Bonchev–Trinajstić information content (AvgIpc) is 3.37. The van der Waals surface area contributed by atoms with Crippen molar-refractivity contribution in [2.45, 2.75) is 0 Å². The van der Waals surface area contributed by atoms with Gasteiger partial charge in [-0.05, 0) is 132 Å². The van der Waals surface area contributed by atoms with E-state index in [4.69, 9.17) is 0 Å². The summed E-state index contributed by atoms with van der Waals surface area (Å²) in [7, 11) is 0. The van der Waals surface area contributed by atoms with Crippen LogP contribution < -0.4 is 4.90 Å². The molecule has 0 heterocycles. The predicted molar refractivity (Wildman–Crippen MR) is 269 cm³/mol. The second-order valence-electron chi connectivity index (χ2n) is 16.2. The van der Waals surface area contributed by atoms with E-state index in [1.807, 2.05) is 0 Å². The summed E-state index contributed by atoms with van der Waals surface area (Å²) in [5.41, 5.74) is 17.4. The number of para-hydroxylation sites is 1. The molecule has 0 saturated carbocycles. The molecule has 0 unspecified atom stereocenters. The third kappa shape index (κ3) is 7.58. The lowest BCUT2D eigenvalue weighted by molar-refractivity contribution is 1.28. The normalized spacial score (nSPS) is 11.2. The number of anilines is 3. The Hall–Kier alpha value is -8.26. The van der Waals surface area contributed by atoms with Crippen LogP contribution in [0.5, 0.6) is 0 Å². The van der Waals surface area contributed by atoms with Crippen molar-refractivity contribution in [2.75, 3.05) is 4.90 Å². The number of rotatable bonds is 9. The van der Waals surface area contributed by atoms with E-state index in [1.54, 1.807) is 0 Å². The van der Waals surface area contributed by atoms with E-state index in [2.05, 4.69) is 266 Å². The van der Waals surface area contributed by atoms with Crippen molar-refractivity contribution in [1.29, 1.82) is 0 Å². The summed E-state index contributed by atoms with van der Waals surface area (Å²) in [4.78, 5) is 2.47. The van der Waals surface area contributed by atoms with Crippen molar-refractivity contribution in [3.8, 4) is 66.8 Å². The first-order valence-electron chi connectivity index (χ1n) is 21.7. The standard InChI is InChI=1S/C62H43N/c1-4-16-44(17-5-1)55-40-56(45-18-6-2-7-19-45)42-57(41-55)48-32-35-58(36-33-48)63(61-27-15-14-26-59(61)49-22-8-3-9-23-49)62-43-53(52-30-28-46-20-10-12-24-50(46)38-52)34-37-60(62)54-31-29-47-21-11-13-25-51(47)39-54/h1-43H. The Morgan fingerprint density at radius 3 is 1.17 bits per heavy atom. The van der Waals surface area contributed by atoms with Gasteiger partial charge in [0.05, 0.1) is 11.4 Å². The number of benzene rings is 11. The summed E-state index contributed by atoms with van der Waals surface area (Å²) >= 11 is 0. The number of hydrogen-bond acceptors (Lipinski definition) is 1. The maximum Gasteiger partial charge on any atom is 0.0546 e. The summed E-state index contributed by atoms with van der Waals surface area (Å²) in [5, 5.41) is 4.90. The van der Waals surface area contributed by atoms with Crippen LogP contribution in [-0.2, 0) is 0 Å². The van der Waals surface area contributed by atoms with Crippen molar-refractivity contribution in [3.05, 3.63) is 261 Å². The van der Waals surface area contributed by atoms with Gasteiger partial charge in [0.25, 0.3) is 0 Å². The zero-order chi connectivity index (χ0) is 42.0. The molecular weight excluding hydrogens is 759 g/mol. The summed E-state index contributed by atoms with van der Waals surface area (Å²) in [6, 6.07) is 94.9. The molecule has 0 amide bonds. The fourth-order valence-corrected chi connectivity index (χ4v) is 9.00. The average molecular weight is 802 g/mol. The van der Waals surface area contributed by atoms with Crippen molar-refractivity contribution < 1.29 is 0 Å². The minimum absolute atomic E-state index is 1.07. The highest BCUT2D eigenvalue weighted by Gasteiger charge is 2.22. The molecule has 0 aliphatic rings. The van der Waals surface area contributed by atoms with Gasteiger partial charge in [-0.3, -0.25) is 0 Å². The number of nitrogens with zero attached hydrogens (tertiary/aromatic N) is 1. The van der Waals surface area contributed by atoms with E-state index >= 15 is 0 Å². The minimum atomic E-state index is 1.07.